The number of nitrogens with one attached hydrogen (secondary N) is 2. The summed E-state index contributed by atoms with van der Waals surface area (Å²) in [6, 6.07) is 7.92. The second kappa shape index (κ2) is 8.58. The molecule has 22 heavy (non-hydrogen) atoms. The van der Waals surface area contributed by atoms with E-state index in [1.165, 1.54) is 0 Å². The van der Waals surface area contributed by atoms with Crippen molar-refractivity contribution in [3.8, 4) is 0 Å². The van der Waals surface area contributed by atoms with Gasteiger partial charge in [0.2, 0.25) is 5.91 Å². The summed E-state index contributed by atoms with van der Waals surface area (Å²) in [4.78, 5) is 42.2. The first-order chi connectivity index (χ1) is 10.3. The van der Waals surface area contributed by atoms with Crippen LogP contribution in [0.25, 0.3) is 0 Å². The fourth-order valence-electron chi connectivity index (χ4n) is 1.87. The van der Waals surface area contributed by atoms with Crippen molar-refractivity contribution in [1.29, 1.82) is 5.41 Å². The summed E-state index contributed by atoms with van der Waals surface area (Å²) in [7, 11) is -3.52. The summed E-state index contributed by atoms with van der Waals surface area (Å²) >= 11 is 0. The van der Waals surface area contributed by atoms with E-state index >= 15 is 0 Å². The van der Waals surface area contributed by atoms with Gasteiger partial charge in [0.05, 0.1) is 0 Å². The van der Waals surface area contributed by atoms with Crippen molar-refractivity contribution < 1.29 is 24.5 Å². The van der Waals surface area contributed by atoms with Gasteiger partial charge in [-0.05, 0) is 12.0 Å². The quantitative estimate of drug-likeness (QED) is 0.336. The molecule has 0 aromatic heterocycles. The van der Waals surface area contributed by atoms with Crippen molar-refractivity contribution in [1.82, 2.24) is 5.32 Å². The maximum atomic E-state index is 11.8. The van der Waals surface area contributed by atoms with Gasteiger partial charge in [-0.25, -0.2) is 14.6 Å². The number of rotatable bonds is 9. The SMILES string of the molecule is N=CC[P+](O)(O)CC(NC(=O)CCc1ccccc1)C(=O)O. The van der Waals surface area contributed by atoms with Crippen LogP contribution in [-0.4, -0.2) is 51.4 Å². The highest BCUT2D eigenvalue weighted by atomic mass is 31.2. The summed E-state index contributed by atoms with van der Waals surface area (Å²) in [6.45, 7) is 0. The minimum Gasteiger partial charge on any atom is -0.480 e. The van der Waals surface area contributed by atoms with E-state index in [1.807, 2.05) is 30.3 Å². The summed E-state index contributed by atoms with van der Waals surface area (Å²) in [5.41, 5.74) is 0.958. The van der Waals surface area contributed by atoms with Crippen LogP contribution in [0.1, 0.15) is 12.0 Å². The van der Waals surface area contributed by atoms with Gasteiger partial charge in [-0.15, -0.1) is 0 Å². The zero-order valence-corrected chi connectivity index (χ0v) is 12.9. The molecule has 0 fully saturated rings. The van der Waals surface area contributed by atoms with E-state index in [4.69, 9.17) is 10.5 Å². The van der Waals surface area contributed by atoms with E-state index in [9.17, 15) is 19.4 Å². The highest BCUT2D eigenvalue weighted by Gasteiger charge is 2.39. The van der Waals surface area contributed by atoms with Gasteiger partial charge in [0.1, 0.15) is 12.3 Å². The van der Waals surface area contributed by atoms with Gasteiger partial charge < -0.3 is 15.8 Å². The molecule has 0 aliphatic rings. The van der Waals surface area contributed by atoms with Gasteiger partial charge in [-0.1, -0.05) is 30.3 Å². The van der Waals surface area contributed by atoms with E-state index in [2.05, 4.69) is 5.32 Å². The molecule has 1 amide bonds. The van der Waals surface area contributed by atoms with Crippen molar-refractivity contribution in [3.05, 3.63) is 35.9 Å². The molecule has 7 nitrogen and oxygen atoms in total. The van der Waals surface area contributed by atoms with Gasteiger partial charge in [-0.2, -0.15) is 0 Å². The molecule has 0 heterocycles. The molecule has 0 spiro atoms. The van der Waals surface area contributed by atoms with Crippen LogP contribution in [0.3, 0.4) is 0 Å². The third-order valence-corrected chi connectivity index (χ3v) is 4.69. The Morgan fingerprint density at radius 3 is 2.45 bits per heavy atom. The van der Waals surface area contributed by atoms with Gasteiger partial charge in [0.15, 0.2) is 6.04 Å². The minimum atomic E-state index is -3.52. The predicted molar refractivity (Wildman–Crippen MR) is 84.2 cm³/mol. The molecule has 1 rings (SSSR count). The number of hydrogen-bond acceptors (Lipinski definition) is 5. The monoisotopic (exact) mass is 327 g/mol. The maximum Gasteiger partial charge on any atom is 0.330 e. The minimum absolute atomic E-state index is 0.112. The average Bonchev–Trinajstić information content (AvgIpc) is 2.45. The second-order valence-corrected chi connectivity index (χ2v) is 7.38. The largest absolute Gasteiger partial charge is 0.480 e. The molecule has 0 saturated heterocycles. The number of carboxylic acids is 1. The van der Waals surface area contributed by atoms with Crippen LogP contribution in [0, 0.1) is 5.41 Å². The molecule has 0 bridgehead atoms. The molecule has 0 radical (unpaired) electrons. The third kappa shape index (κ3) is 6.76. The molecule has 1 aromatic carbocycles. The molecule has 1 unspecified atom stereocenters. The summed E-state index contributed by atoms with van der Waals surface area (Å²) in [5, 5.41) is 18.2. The Morgan fingerprint density at radius 2 is 1.91 bits per heavy atom. The number of benzene rings is 1. The Kier molecular flexibility index (Phi) is 7.11. The first-order valence-electron chi connectivity index (χ1n) is 6.71. The molecule has 1 aromatic rings. The maximum absolute atomic E-state index is 11.8. The molecular formula is C14H20N2O5P+. The van der Waals surface area contributed by atoms with Crippen molar-refractivity contribution in [2.75, 3.05) is 12.3 Å². The van der Waals surface area contributed by atoms with E-state index in [1.54, 1.807) is 0 Å². The van der Waals surface area contributed by atoms with Crippen LogP contribution < -0.4 is 5.32 Å². The first-order valence-corrected chi connectivity index (χ1v) is 8.78. The number of amides is 1. The summed E-state index contributed by atoms with van der Waals surface area (Å²) < 4.78 is 0. The van der Waals surface area contributed by atoms with Crippen molar-refractivity contribution in [2.24, 2.45) is 0 Å². The summed E-state index contributed by atoms with van der Waals surface area (Å²) in [5.74, 6) is -1.79. The van der Waals surface area contributed by atoms with E-state index in [-0.39, 0.29) is 12.6 Å². The number of hydrogen-bond donors (Lipinski definition) is 5. The lowest BCUT2D eigenvalue weighted by atomic mass is 10.1. The lowest BCUT2D eigenvalue weighted by Gasteiger charge is -2.17. The Balaban J connectivity index is 2.54. The van der Waals surface area contributed by atoms with Crippen molar-refractivity contribution in [2.45, 2.75) is 18.9 Å². The molecule has 1 atom stereocenters. The predicted octanol–water partition coefficient (Wildman–Crippen LogP) is 0.670. The number of aliphatic carboxylic acids is 1. The highest BCUT2D eigenvalue weighted by Crippen LogP contribution is 2.49. The lowest BCUT2D eigenvalue weighted by Crippen LogP contribution is -2.44. The topological polar surface area (TPSA) is 131 Å². The van der Waals surface area contributed by atoms with Crippen molar-refractivity contribution in [3.63, 3.8) is 0 Å². The van der Waals surface area contributed by atoms with Gasteiger partial charge >= 0.3 is 5.97 Å². The van der Waals surface area contributed by atoms with Crippen LogP contribution in [-0.2, 0) is 16.0 Å². The number of aryl methyl sites for hydroxylation is 1. The molecule has 0 saturated carbocycles. The van der Waals surface area contributed by atoms with E-state index in [0.717, 1.165) is 11.8 Å². The molecule has 120 valence electrons. The third-order valence-electron chi connectivity index (χ3n) is 2.98. The zero-order valence-electron chi connectivity index (χ0n) is 12.0. The molecular weight excluding hydrogens is 307 g/mol. The molecule has 8 heteroatoms. The standard InChI is InChI=1S/C14H19N2O5P/c15-8-9-22(20,21)10-12(14(18)19)16-13(17)7-6-11-4-2-1-3-5-11/h1-5,8,12,15,20-21H,6-7,9-10H2,(H-,16,17,18,19)/p+1. The second-order valence-electron chi connectivity index (χ2n) is 4.89. The van der Waals surface area contributed by atoms with E-state index < -0.39 is 31.8 Å². The van der Waals surface area contributed by atoms with Crippen molar-refractivity contribution >= 4 is 25.8 Å². The fourth-order valence-corrected chi connectivity index (χ4v) is 3.14. The average molecular weight is 327 g/mol. The first kappa shape index (κ1) is 18.2. The lowest BCUT2D eigenvalue weighted by molar-refractivity contribution is -0.141. The zero-order chi connectivity index (χ0) is 16.6. The summed E-state index contributed by atoms with van der Waals surface area (Å²) in [6.07, 6.45) is 0.633. The van der Waals surface area contributed by atoms with Crippen LogP contribution >= 0.6 is 7.72 Å². The molecule has 0 aliphatic heterocycles. The van der Waals surface area contributed by atoms with Crippen LogP contribution in [0.5, 0.6) is 0 Å². The van der Waals surface area contributed by atoms with E-state index in [0.29, 0.717) is 6.42 Å². The number of carbonyl (C=O) groups is 2. The van der Waals surface area contributed by atoms with Crippen LogP contribution in [0.15, 0.2) is 30.3 Å². The van der Waals surface area contributed by atoms with Crippen LogP contribution in [0.2, 0.25) is 0 Å². The Hall–Kier alpha value is -1.82. The van der Waals surface area contributed by atoms with Crippen LogP contribution in [0.4, 0.5) is 0 Å². The Morgan fingerprint density at radius 1 is 1.27 bits per heavy atom. The number of carboxylic acid groups (broad SMARTS) is 1. The number of carbonyl (C=O) groups excluding carboxylic acids is 1. The molecule has 0 aliphatic carbocycles. The fraction of sp³-hybridized carbons (Fsp3) is 0.357. The van der Waals surface area contributed by atoms with Gasteiger partial charge in [-0.3, -0.25) is 4.79 Å². The molecule has 5 N–H and O–H groups in total. The highest BCUT2D eigenvalue weighted by molar-refractivity contribution is 7.65. The Bertz CT molecular complexity index is 521. The van der Waals surface area contributed by atoms with Gasteiger partial charge in [0, 0.05) is 12.6 Å². The Labute approximate surface area is 129 Å². The van der Waals surface area contributed by atoms with Gasteiger partial charge in [0.25, 0.3) is 7.72 Å². The normalized spacial score (nSPS) is 12.5. The smallest absolute Gasteiger partial charge is 0.330 e.